The minimum absolute atomic E-state index is 0.0842. The van der Waals surface area contributed by atoms with Crippen molar-refractivity contribution in [2.75, 3.05) is 0 Å². The van der Waals surface area contributed by atoms with E-state index < -0.39 is 5.97 Å². The van der Waals surface area contributed by atoms with Gasteiger partial charge in [0.1, 0.15) is 0 Å². The van der Waals surface area contributed by atoms with Gasteiger partial charge < -0.3 is 5.11 Å². The van der Waals surface area contributed by atoms with Crippen molar-refractivity contribution in [3.05, 3.63) is 15.6 Å². The SMILES string of the molecule is CCC(CC)c1sc(C(C)(C)C)nc1C(=O)O. The molecule has 1 aromatic rings. The van der Waals surface area contributed by atoms with Crippen molar-refractivity contribution in [1.29, 1.82) is 0 Å². The van der Waals surface area contributed by atoms with Crippen LogP contribution < -0.4 is 0 Å². The number of carboxylic acids is 1. The molecule has 1 rings (SSSR count). The fourth-order valence-corrected chi connectivity index (χ4v) is 3.12. The minimum atomic E-state index is -0.904. The van der Waals surface area contributed by atoms with E-state index in [4.69, 9.17) is 0 Å². The Morgan fingerprint density at radius 2 is 1.88 bits per heavy atom. The molecule has 96 valence electrons. The highest BCUT2D eigenvalue weighted by Crippen LogP contribution is 2.36. The van der Waals surface area contributed by atoms with E-state index in [-0.39, 0.29) is 11.1 Å². The van der Waals surface area contributed by atoms with E-state index in [0.29, 0.717) is 5.92 Å². The maximum atomic E-state index is 11.2. The second-order valence-electron chi connectivity index (χ2n) is 5.30. The number of carboxylic acid groups (broad SMARTS) is 1. The summed E-state index contributed by atoms with van der Waals surface area (Å²) in [5, 5.41) is 10.1. The second kappa shape index (κ2) is 5.17. The van der Waals surface area contributed by atoms with Crippen LogP contribution in [0.15, 0.2) is 0 Å². The second-order valence-corrected chi connectivity index (χ2v) is 6.33. The molecule has 0 aromatic carbocycles. The summed E-state index contributed by atoms with van der Waals surface area (Å²) < 4.78 is 0. The van der Waals surface area contributed by atoms with Crippen molar-refractivity contribution in [2.24, 2.45) is 0 Å². The summed E-state index contributed by atoms with van der Waals surface area (Å²) in [5.74, 6) is -0.589. The van der Waals surface area contributed by atoms with E-state index in [1.807, 2.05) is 0 Å². The van der Waals surface area contributed by atoms with E-state index >= 15 is 0 Å². The normalized spacial score (nSPS) is 12.1. The summed E-state index contributed by atoms with van der Waals surface area (Å²) in [4.78, 5) is 16.5. The average molecular weight is 255 g/mol. The van der Waals surface area contributed by atoms with Gasteiger partial charge in [0.15, 0.2) is 5.69 Å². The Hall–Kier alpha value is -0.900. The highest BCUT2D eigenvalue weighted by Gasteiger charge is 2.27. The summed E-state index contributed by atoms with van der Waals surface area (Å²) in [5.41, 5.74) is 0.174. The summed E-state index contributed by atoms with van der Waals surface area (Å²) in [6, 6.07) is 0. The molecule has 1 heterocycles. The van der Waals surface area contributed by atoms with Crippen molar-refractivity contribution in [3.8, 4) is 0 Å². The number of thiazole rings is 1. The zero-order valence-electron chi connectivity index (χ0n) is 11.2. The molecule has 1 aromatic heterocycles. The maximum Gasteiger partial charge on any atom is 0.355 e. The van der Waals surface area contributed by atoms with Crippen molar-refractivity contribution >= 4 is 17.3 Å². The van der Waals surface area contributed by atoms with Crippen molar-refractivity contribution in [1.82, 2.24) is 4.98 Å². The first kappa shape index (κ1) is 14.2. The lowest BCUT2D eigenvalue weighted by Crippen LogP contribution is -2.11. The molecule has 0 atom stereocenters. The first-order valence-electron chi connectivity index (χ1n) is 6.05. The molecular formula is C13H21NO2S. The Morgan fingerprint density at radius 3 is 2.24 bits per heavy atom. The van der Waals surface area contributed by atoms with Crippen LogP contribution in [-0.2, 0) is 5.41 Å². The molecule has 0 saturated heterocycles. The topological polar surface area (TPSA) is 50.2 Å². The van der Waals surface area contributed by atoms with Gasteiger partial charge in [0.05, 0.1) is 5.01 Å². The molecular weight excluding hydrogens is 234 g/mol. The maximum absolute atomic E-state index is 11.2. The molecule has 0 spiro atoms. The fourth-order valence-electron chi connectivity index (χ4n) is 1.74. The van der Waals surface area contributed by atoms with Gasteiger partial charge in [-0.3, -0.25) is 0 Å². The highest BCUT2D eigenvalue weighted by molar-refractivity contribution is 7.12. The Morgan fingerprint density at radius 1 is 1.35 bits per heavy atom. The van der Waals surface area contributed by atoms with Crippen LogP contribution in [0.5, 0.6) is 0 Å². The average Bonchev–Trinajstić information content (AvgIpc) is 2.64. The van der Waals surface area contributed by atoms with Crippen LogP contribution in [-0.4, -0.2) is 16.1 Å². The lowest BCUT2D eigenvalue weighted by atomic mass is 9.98. The molecule has 17 heavy (non-hydrogen) atoms. The van der Waals surface area contributed by atoms with Gasteiger partial charge in [0.25, 0.3) is 0 Å². The third-order valence-electron chi connectivity index (χ3n) is 2.85. The summed E-state index contributed by atoms with van der Waals surface area (Å²) in [6.45, 7) is 10.4. The van der Waals surface area contributed by atoms with Gasteiger partial charge in [0.2, 0.25) is 0 Å². The molecule has 0 unspecified atom stereocenters. The van der Waals surface area contributed by atoms with Gasteiger partial charge in [-0.05, 0) is 18.8 Å². The van der Waals surface area contributed by atoms with Crippen LogP contribution in [0, 0.1) is 0 Å². The molecule has 0 saturated carbocycles. The zero-order valence-corrected chi connectivity index (χ0v) is 12.0. The molecule has 0 fully saturated rings. The monoisotopic (exact) mass is 255 g/mol. The number of nitrogens with zero attached hydrogens (tertiary/aromatic N) is 1. The number of rotatable bonds is 4. The van der Waals surface area contributed by atoms with Gasteiger partial charge >= 0.3 is 5.97 Å². The Bertz CT molecular complexity index is 400. The summed E-state index contributed by atoms with van der Waals surface area (Å²) >= 11 is 1.56. The third kappa shape index (κ3) is 3.06. The number of carbonyl (C=O) groups is 1. The highest BCUT2D eigenvalue weighted by atomic mass is 32.1. The van der Waals surface area contributed by atoms with Crippen LogP contribution in [0.3, 0.4) is 0 Å². The lowest BCUT2D eigenvalue weighted by molar-refractivity contribution is 0.0689. The van der Waals surface area contributed by atoms with E-state index in [1.165, 1.54) is 0 Å². The predicted molar refractivity (Wildman–Crippen MR) is 71.1 cm³/mol. The quantitative estimate of drug-likeness (QED) is 0.883. The summed E-state index contributed by atoms with van der Waals surface area (Å²) in [7, 11) is 0. The van der Waals surface area contributed by atoms with Crippen LogP contribution in [0.25, 0.3) is 0 Å². The van der Waals surface area contributed by atoms with Crippen LogP contribution in [0.2, 0.25) is 0 Å². The molecule has 1 N–H and O–H groups in total. The van der Waals surface area contributed by atoms with Gasteiger partial charge in [-0.1, -0.05) is 34.6 Å². The first-order chi connectivity index (χ1) is 7.81. The Labute approximate surface area is 107 Å². The van der Waals surface area contributed by atoms with E-state index in [0.717, 1.165) is 22.7 Å². The predicted octanol–water partition coefficient (Wildman–Crippen LogP) is 4.04. The smallest absolute Gasteiger partial charge is 0.355 e. The van der Waals surface area contributed by atoms with Crippen molar-refractivity contribution < 1.29 is 9.90 Å². The van der Waals surface area contributed by atoms with Crippen LogP contribution in [0.4, 0.5) is 0 Å². The van der Waals surface area contributed by atoms with E-state index in [1.54, 1.807) is 11.3 Å². The molecule has 4 heteroatoms. The molecule has 0 aliphatic heterocycles. The minimum Gasteiger partial charge on any atom is -0.476 e. The Kier molecular flexibility index (Phi) is 4.31. The largest absolute Gasteiger partial charge is 0.476 e. The number of hydrogen-bond donors (Lipinski definition) is 1. The van der Waals surface area contributed by atoms with Gasteiger partial charge in [0, 0.05) is 10.3 Å². The van der Waals surface area contributed by atoms with Crippen molar-refractivity contribution in [3.63, 3.8) is 0 Å². The standard InChI is InChI=1S/C13H21NO2S/c1-6-8(7-2)10-9(11(15)16)14-12(17-10)13(3,4)5/h8H,6-7H2,1-5H3,(H,15,16). The summed E-state index contributed by atoms with van der Waals surface area (Å²) in [6.07, 6.45) is 1.92. The fraction of sp³-hybridized carbons (Fsp3) is 0.692. The molecule has 0 amide bonds. The molecule has 0 bridgehead atoms. The molecule has 0 aliphatic rings. The van der Waals surface area contributed by atoms with Gasteiger partial charge in [-0.25, -0.2) is 9.78 Å². The van der Waals surface area contributed by atoms with Crippen LogP contribution in [0.1, 0.15) is 73.8 Å². The molecule has 0 radical (unpaired) electrons. The first-order valence-corrected chi connectivity index (χ1v) is 6.87. The number of aromatic nitrogens is 1. The Balaban J connectivity index is 3.28. The van der Waals surface area contributed by atoms with E-state index in [9.17, 15) is 9.90 Å². The third-order valence-corrected chi connectivity index (χ3v) is 4.50. The number of aromatic carboxylic acids is 1. The van der Waals surface area contributed by atoms with Crippen LogP contribution >= 0.6 is 11.3 Å². The van der Waals surface area contributed by atoms with Crippen molar-refractivity contribution in [2.45, 2.75) is 58.8 Å². The van der Waals surface area contributed by atoms with Gasteiger partial charge in [-0.2, -0.15) is 0 Å². The lowest BCUT2D eigenvalue weighted by Gasteiger charge is -2.14. The molecule has 0 aliphatic carbocycles. The molecule has 3 nitrogen and oxygen atoms in total. The van der Waals surface area contributed by atoms with E-state index in [2.05, 4.69) is 39.6 Å². The van der Waals surface area contributed by atoms with Gasteiger partial charge in [-0.15, -0.1) is 11.3 Å². The zero-order chi connectivity index (χ0) is 13.2. The number of hydrogen-bond acceptors (Lipinski definition) is 3.